The van der Waals surface area contributed by atoms with Gasteiger partial charge in [-0.1, -0.05) is 50.8 Å². The molecule has 2 rings (SSSR count). The van der Waals surface area contributed by atoms with Crippen LogP contribution in [0, 0.1) is 18.8 Å². The molecule has 1 saturated carbocycles. The maximum atomic E-state index is 12.6. The van der Waals surface area contributed by atoms with Gasteiger partial charge in [-0.25, -0.2) is 8.42 Å². The van der Waals surface area contributed by atoms with Gasteiger partial charge in [0.05, 0.1) is 4.90 Å². The van der Waals surface area contributed by atoms with E-state index < -0.39 is 22.0 Å². The molecule has 3 N–H and O–H groups in total. The topological polar surface area (TPSA) is 104 Å². The number of hydrogen-bond donors (Lipinski definition) is 3. The minimum atomic E-state index is -3.85. The van der Waals surface area contributed by atoms with E-state index in [0.29, 0.717) is 6.42 Å². The maximum absolute atomic E-state index is 12.6. The van der Waals surface area contributed by atoms with Crippen molar-refractivity contribution in [3.63, 3.8) is 0 Å². The number of hydrazine groups is 1. The first kappa shape index (κ1) is 22.4. The predicted octanol–water partition coefficient (Wildman–Crippen LogP) is 2.42. The molecule has 8 heteroatoms. The Morgan fingerprint density at radius 1 is 1.04 bits per heavy atom. The van der Waals surface area contributed by atoms with Crippen LogP contribution in [0.2, 0.25) is 0 Å². The molecule has 0 radical (unpaired) electrons. The average molecular weight is 410 g/mol. The number of hydrogen-bond acceptors (Lipinski definition) is 4. The molecule has 2 amide bonds. The molecule has 1 aromatic carbocycles. The summed E-state index contributed by atoms with van der Waals surface area (Å²) in [6, 6.07) is 5.45. The lowest BCUT2D eigenvalue weighted by Gasteiger charge is -2.23. The van der Waals surface area contributed by atoms with Crippen LogP contribution in [0.3, 0.4) is 0 Å². The Hall–Kier alpha value is -1.93. The van der Waals surface area contributed by atoms with Crippen molar-refractivity contribution in [2.75, 3.05) is 0 Å². The minimum absolute atomic E-state index is 0.0884. The van der Waals surface area contributed by atoms with Crippen molar-refractivity contribution in [1.29, 1.82) is 0 Å². The predicted molar refractivity (Wildman–Crippen MR) is 108 cm³/mol. The second kappa shape index (κ2) is 10.0. The summed E-state index contributed by atoms with van der Waals surface area (Å²) in [5.41, 5.74) is 5.81. The third kappa shape index (κ3) is 6.60. The summed E-state index contributed by atoms with van der Waals surface area (Å²) in [5.74, 6) is -0.779. The Bertz CT molecular complexity index is 769. The van der Waals surface area contributed by atoms with Crippen molar-refractivity contribution in [2.45, 2.75) is 70.2 Å². The summed E-state index contributed by atoms with van der Waals surface area (Å²) in [4.78, 5) is 24.9. The fraction of sp³-hybridized carbons (Fsp3) is 0.600. The van der Waals surface area contributed by atoms with Gasteiger partial charge in [0, 0.05) is 5.92 Å². The van der Waals surface area contributed by atoms with Crippen molar-refractivity contribution in [1.82, 2.24) is 15.6 Å². The highest BCUT2D eigenvalue weighted by atomic mass is 32.2. The molecule has 7 nitrogen and oxygen atoms in total. The normalized spacial score (nSPS) is 16.6. The molecule has 1 aliphatic rings. The molecular formula is C20H31N3O4S. The molecule has 1 fully saturated rings. The van der Waals surface area contributed by atoms with Crippen LogP contribution in [0.25, 0.3) is 0 Å². The first-order valence-corrected chi connectivity index (χ1v) is 11.4. The van der Waals surface area contributed by atoms with Crippen LogP contribution in [0.15, 0.2) is 29.2 Å². The average Bonchev–Trinajstić information content (AvgIpc) is 2.65. The van der Waals surface area contributed by atoms with Crippen LogP contribution < -0.4 is 15.6 Å². The monoisotopic (exact) mass is 409 g/mol. The minimum Gasteiger partial charge on any atom is -0.273 e. The zero-order chi connectivity index (χ0) is 20.7. The van der Waals surface area contributed by atoms with E-state index in [2.05, 4.69) is 15.6 Å². The third-order valence-corrected chi connectivity index (χ3v) is 6.42. The zero-order valence-corrected chi connectivity index (χ0v) is 17.6. The Balaban J connectivity index is 2.02. The van der Waals surface area contributed by atoms with Gasteiger partial charge in [-0.05, 0) is 44.2 Å². The number of nitrogens with one attached hydrogen (secondary N) is 3. The van der Waals surface area contributed by atoms with Crippen LogP contribution >= 0.6 is 0 Å². The number of sulfonamides is 1. The quantitative estimate of drug-likeness (QED) is 0.602. The second-order valence-corrected chi connectivity index (χ2v) is 9.64. The number of benzene rings is 1. The third-order valence-electron chi connectivity index (χ3n) is 4.94. The van der Waals surface area contributed by atoms with Gasteiger partial charge in [0.15, 0.2) is 0 Å². The molecular weight excluding hydrogens is 378 g/mol. The van der Waals surface area contributed by atoms with Gasteiger partial charge < -0.3 is 0 Å². The number of aryl methyl sites for hydroxylation is 1. The van der Waals surface area contributed by atoms with Crippen LogP contribution in [-0.2, 0) is 19.6 Å². The molecule has 1 aliphatic carbocycles. The number of carbonyl (C=O) groups excluding carboxylic acids is 2. The molecule has 0 unspecified atom stereocenters. The Kier molecular flexibility index (Phi) is 8.00. The van der Waals surface area contributed by atoms with E-state index in [1.807, 2.05) is 20.8 Å². The van der Waals surface area contributed by atoms with Crippen molar-refractivity contribution >= 4 is 21.8 Å². The Morgan fingerprint density at radius 3 is 2.21 bits per heavy atom. The van der Waals surface area contributed by atoms with E-state index in [1.165, 1.54) is 12.1 Å². The summed E-state index contributed by atoms with van der Waals surface area (Å²) < 4.78 is 27.8. The van der Waals surface area contributed by atoms with Gasteiger partial charge >= 0.3 is 0 Å². The summed E-state index contributed by atoms with van der Waals surface area (Å²) in [7, 11) is -3.85. The molecule has 1 aromatic rings. The van der Waals surface area contributed by atoms with Crippen LogP contribution in [-0.4, -0.2) is 26.3 Å². The first-order valence-electron chi connectivity index (χ1n) is 9.87. The van der Waals surface area contributed by atoms with Gasteiger partial charge in [-0.15, -0.1) is 0 Å². The fourth-order valence-electron chi connectivity index (χ4n) is 3.33. The summed E-state index contributed by atoms with van der Waals surface area (Å²) >= 11 is 0. The molecule has 1 atom stereocenters. The zero-order valence-electron chi connectivity index (χ0n) is 16.8. The number of carbonyl (C=O) groups is 2. The lowest BCUT2D eigenvalue weighted by atomic mass is 9.89. The van der Waals surface area contributed by atoms with Crippen molar-refractivity contribution in [3.05, 3.63) is 29.8 Å². The number of rotatable bonds is 7. The Morgan fingerprint density at radius 2 is 1.64 bits per heavy atom. The number of amides is 2. The van der Waals surface area contributed by atoms with E-state index in [1.54, 1.807) is 12.1 Å². The van der Waals surface area contributed by atoms with Gasteiger partial charge in [0.2, 0.25) is 15.9 Å². The lowest BCUT2D eigenvalue weighted by Crippen LogP contribution is -2.53. The fourth-order valence-corrected chi connectivity index (χ4v) is 4.54. The van der Waals surface area contributed by atoms with Gasteiger partial charge in [-0.2, -0.15) is 4.72 Å². The SMILES string of the molecule is Cc1ccc(S(=O)(=O)N[C@H](CC(C)C)C(=O)NNC(=O)C2CCCCC2)cc1. The van der Waals surface area contributed by atoms with E-state index >= 15 is 0 Å². The largest absolute Gasteiger partial charge is 0.273 e. The molecule has 156 valence electrons. The van der Waals surface area contributed by atoms with E-state index in [0.717, 1.165) is 37.7 Å². The summed E-state index contributed by atoms with van der Waals surface area (Å²) in [5, 5.41) is 0. The van der Waals surface area contributed by atoms with Gasteiger partial charge in [0.1, 0.15) is 6.04 Å². The summed E-state index contributed by atoms with van der Waals surface area (Å²) in [6.45, 7) is 5.68. The highest BCUT2D eigenvalue weighted by Gasteiger charge is 2.28. The smallest absolute Gasteiger partial charge is 0.256 e. The first-order chi connectivity index (χ1) is 13.2. The molecule has 0 spiro atoms. The molecule has 0 bridgehead atoms. The summed E-state index contributed by atoms with van der Waals surface area (Å²) in [6.07, 6.45) is 5.11. The van der Waals surface area contributed by atoms with Gasteiger partial charge in [-0.3, -0.25) is 20.4 Å². The molecule has 0 heterocycles. The van der Waals surface area contributed by atoms with Crippen molar-refractivity contribution in [2.24, 2.45) is 11.8 Å². The molecule has 0 aliphatic heterocycles. The highest BCUT2D eigenvalue weighted by molar-refractivity contribution is 7.89. The van der Waals surface area contributed by atoms with Crippen molar-refractivity contribution < 1.29 is 18.0 Å². The highest BCUT2D eigenvalue weighted by Crippen LogP contribution is 2.23. The van der Waals surface area contributed by atoms with Crippen molar-refractivity contribution in [3.8, 4) is 0 Å². The van der Waals surface area contributed by atoms with E-state index in [4.69, 9.17) is 0 Å². The molecule has 28 heavy (non-hydrogen) atoms. The van der Waals surface area contributed by atoms with E-state index in [9.17, 15) is 18.0 Å². The van der Waals surface area contributed by atoms with Crippen LogP contribution in [0.4, 0.5) is 0 Å². The Labute approximate surface area is 167 Å². The second-order valence-electron chi connectivity index (χ2n) is 7.93. The van der Waals surface area contributed by atoms with Gasteiger partial charge in [0.25, 0.3) is 5.91 Å². The lowest BCUT2D eigenvalue weighted by molar-refractivity contribution is -0.132. The maximum Gasteiger partial charge on any atom is 0.256 e. The van der Waals surface area contributed by atoms with Crippen LogP contribution in [0.1, 0.15) is 57.9 Å². The van der Waals surface area contributed by atoms with E-state index in [-0.39, 0.29) is 22.6 Å². The molecule has 0 saturated heterocycles. The standard InChI is InChI=1S/C20H31N3O4S/c1-14(2)13-18(23-28(26,27)17-11-9-15(3)10-12-17)20(25)22-21-19(24)16-7-5-4-6-8-16/h9-12,14,16,18,23H,4-8,13H2,1-3H3,(H,21,24)(H,22,25)/t18-/m1/s1. The van der Waals surface area contributed by atoms with Crippen LogP contribution in [0.5, 0.6) is 0 Å². The molecule has 0 aromatic heterocycles.